The number of hydrogen-bond donors (Lipinski definition) is 1. The minimum atomic E-state index is -3.63. The van der Waals surface area contributed by atoms with E-state index >= 15 is 0 Å². The molecule has 1 N–H and O–H groups in total. The number of carbonyl (C=O) groups is 1. The zero-order valence-corrected chi connectivity index (χ0v) is 19.1. The molecule has 1 saturated heterocycles. The minimum Gasteiger partial charge on any atom is -0.321 e. The molecule has 1 fully saturated rings. The molecule has 0 aliphatic carbocycles. The molecule has 32 heavy (non-hydrogen) atoms. The Morgan fingerprint density at radius 2 is 1.50 bits per heavy atom. The first-order valence-corrected chi connectivity index (χ1v) is 12.5. The Labute approximate surface area is 190 Å². The fourth-order valence-corrected chi connectivity index (χ4v) is 5.63. The lowest BCUT2D eigenvalue weighted by Gasteiger charge is -2.20. The standard InChI is InChI=1S/C26H28N2O3S/c1-20-15-16-22(32(30,31)28-17-9-2-3-10-18-28)19-24(20)26(29)27-25-14-8-7-13-23(25)21-11-5-4-6-12-21/h4-8,11-16,19H,2-3,9-10,17-18H2,1H3,(H,27,29). The number of carbonyl (C=O) groups excluding carboxylic acids is 1. The second-order valence-corrected chi connectivity index (χ2v) is 10.1. The molecule has 0 saturated carbocycles. The Morgan fingerprint density at radius 1 is 0.844 bits per heavy atom. The molecule has 0 bridgehead atoms. The molecule has 3 aromatic carbocycles. The van der Waals surface area contributed by atoms with Crippen molar-refractivity contribution in [1.82, 2.24) is 4.31 Å². The van der Waals surface area contributed by atoms with Gasteiger partial charge in [-0.25, -0.2) is 8.42 Å². The monoisotopic (exact) mass is 448 g/mol. The molecule has 4 rings (SSSR count). The third kappa shape index (κ3) is 4.76. The highest BCUT2D eigenvalue weighted by Crippen LogP contribution is 2.29. The molecule has 0 unspecified atom stereocenters. The van der Waals surface area contributed by atoms with Crippen LogP contribution in [0.2, 0.25) is 0 Å². The van der Waals surface area contributed by atoms with Gasteiger partial charge in [0.25, 0.3) is 5.91 Å². The van der Waals surface area contributed by atoms with Gasteiger partial charge in [0.2, 0.25) is 10.0 Å². The maximum Gasteiger partial charge on any atom is 0.255 e. The third-order valence-corrected chi connectivity index (χ3v) is 7.81. The van der Waals surface area contributed by atoms with E-state index in [1.165, 1.54) is 6.07 Å². The van der Waals surface area contributed by atoms with Crippen LogP contribution in [0, 0.1) is 6.92 Å². The number of sulfonamides is 1. The number of amides is 1. The Kier molecular flexibility index (Phi) is 6.72. The van der Waals surface area contributed by atoms with E-state index < -0.39 is 10.0 Å². The normalized spacial score (nSPS) is 15.2. The number of anilines is 1. The lowest BCUT2D eigenvalue weighted by Crippen LogP contribution is -2.32. The molecule has 6 heteroatoms. The van der Waals surface area contributed by atoms with Gasteiger partial charge in [0.05, 0.1) is 4.90 Å². The van der Waals surface area contributed by atoms with Crippen molar-refractivity contribution in [3.05, 3.63) is 83.9 Å². The summed E-state index contributed by atoms with van der Waals surface area (Å²) in [5, 5.41) is 2.99. The van der Waals surface area contributed by atoms with Crippen LogP contribution in [0.4, 0.5) is 5.69 Å². The van der Waals surface area contributed by atoms with Gasteiger partial charge in [-0.2, -0.15) is 4.31 Å². The fraction of sp³-hybridized carbons (Fsp3) is 0.269. The summed E-state index contributed by atoms with van der Waals surface area (Å²) in [5.41, 5.74) is 3.69. The van der Waals surface area contributed by atoms with Crippen LogP contribution in [0.5, 0.6) is 0 Å². The molecule has 0 aromatic heterocycles. The maximum atomic E-state index is 13.2. The van der Waals surface area contributed by atoms with Crippen LogP contribution in [0.25, 0.3) is 11.1 Å². The summed E-state index contributed by atoms with van der Waals surface area (Å²) in [6.45, 7) is 2.88. The predicted molar refractivity (Wildman–Crippen MR) is 128 cm³/mol. The van der Waals surface area contributed by atoms with E-state index in [-0.39, 0.29) is 10.8 Å². The van der Waals surface area contributed by atoms with Crippen LogP contribution in [0.3, 0.4) is 0 Å². The lowest BCUT2D eigenvalue weighted by atomic mass is 10.0. The van der Waals surface area contributed by atoms with Gasteiger partial charge in [-0.1, -0.05) is 67.4 Å². The molecule has 1 aliphatic rings. The lowest BCUT2D eigenvalue weighted by molar-refractivity contribution is 0.102. The summed E-state index contributed by atoms with van der Waals surface area (Å²) in [7, 11) is -3.63. The maximum absolute atomic E-state index is 13.2. The van der Waals surface area contributed by atoms with E-state index in [0.29, 0.717) is 24.3 Å². The first kappa shape index (κ1) is 22.2. The Morgan fingerprint density at radius 3 is 2.22 bits per heavy atom. The van der Waals surface area contributed by atoms with Crippen molar-refractivity contribution in [2.45, 2.75) is 37.5 Å². The number of benzene rings is 3. The van der Waals surface area contributed by atoms with Crippen molar-refractivity contribution in [2.75, 3.05) is 18.4 Å². The van der Waals surface area contributed by atoms with E-state index in [4.69, 9.17) is 0 Å². The van der Waals surface area contributed by atoms with Gasteiger partial charge >= 0.3 is 0 Å². The van der Waals surface area contributed by atoms with Crippen molar-refractivity contribution >= 4 is 21.6 Å². The molecular formula is C26H28N2O3S. The molecule has 1 amide bonds. The molecule has 1 heterocycles. The second kappa shape index (κ2) is 9.67. The summed E-state index contributed by atoms with van der Waals surface area (Å²) in [6.07, 6.45) is 3.84. The van der Waals surface area contributed by atoms with Crippen molar-refractivity contribution in [2.24, 2.45) is 0 Å². The van der Waals surface area contributed by atoms with E-state index in [1.54, 1.807) is 16.4 Å². The summed E-state index contributed by atoms with van der Waals surface area (Å²) < 4.78 is 28.0. The molecular weight excluding hydrogens is 420 g/mol. The van der Waals surface area contributed by atoms with Crippen LogP contribution >= 0.6 is 0 Å². The van der Waals surface area contributed by atoms with Crippen molar-refractivity contribution < 1.29 is 13.2 Å². The molecule has 0 radical (unpaired) electrons. The van der Waals surface area contributed by atoms with Crippen LogP contribution < -0.4 is 5.32 Å². The number of para-hydroxylation sites is 1. The molecule has 1 aliphatic heterocycles. The highest BCUT2D eigenvalue weighted by molar-refractivity contribution is 7.89. The Hall–Kier alpha value is -2.96. The highest BCUT2D eigenvalue weighted by atomic mass is 32.2. The second-order valence-electron chi connectivity index (χ2n) is 8.16. The van der Waals surface area contributed by atoms with Crippen molar-refractivity contribution in [3.63, 3.8) is 0 Å². The van der Waals surface area contributed by atoms with Gasteiger partial charge in [0.15, 0.2) is 0 Å². The molecule has 0 atom stereocenters. The predicted octanol–water partition coefficient (Wildman–Crippen LogP) is 5.48. The highest BCUT2D eigenvalue weighted by Gasteiger charge is 2.26. The van der Waals surface area contributed by atoms with Crippen molar-refractivity contribution in [1.29, 1.82) is 0 Å². The number of aryl methyl sites for hydroxylation is 1. The molecule has 166 valence electrons. The fourth-order valence-electron chi connectivity index (χ4n) is 4.09. The van der Waals surface area contributed by atoms with Gasteiger partial charge in [0.1, 0.15) is 0 Å². The Balaban J connectivity index is 1.63. The topological polar surface area (TPSA) is 66.5 Å². The summed E-state index contributed by atoms with van der Waals surface area (Å²) >= 11 is 0. The van der Waals surface area contributed by atoms with Gasteiger partial charge in [0, 0.05) is 29.9 Å². The van der Waals surface area contributed by atoms with E-state index in [9.17, 15) is 13.2 Å². The number of nitrogens with one attached hydrogen (secondary N) is 1. The summed E-state index contributed by atoms with van der Waals surface area (Å²) in [4.78, 5) is 13.4. The van der Waals surface area contributed by atoms with E-state index in [0.717, 1.165) is 42.4 Å². The Bertz CT molecular complexity index is 1200. The molecule has 3 aromatic rings. The van der Waals surface area contributed by atoms with Crippen LogP contribution in [0.1, 0.15) is 41.6 Å². The van der Waals surface area contributed by atoms with E-state index in [2.05, 4.69) is 5.32 Å². The SMILES string of the molecule is Cc1ccc(S(=O)(=O)N2CCCCCC2)cc1C(=O)Nc1ccccc1-c1ccccc1. The van der Waals surface area contributed by atoms with Gasteiger partial charge in [-0.15, -0.1) is 0 Å². The van der Waals surface area contributed by atoms with E-state index in [1.807, 2.05) is 61.5 Å². The first-order valence-electron chi connectivity index (χ1n) is 11.0. The molecule has 0 spiro atoms. The number of rotatable bonds is 5. The summed E-state index contributed by atoms with van der Waals surface area (Å²) in [5.74, 6) is -0.321. The van der Waals surface area contributed by atoms with Crippen LogP contribution in [-0.4, -0.2) is 31.7 Å². The van der Waals surface area contributed by atoms with Crippen LogP contribution in [0.15, 0.2) is 77.7 Å². The number of hydrogen-bond acceptors (Lipinski definition) is 3. The molecule has 5 nitrogen and oxygen atoms in total. The largest absolute Gasteiger partial charge is 0.321 e. The smallest absolute Gasteiger partial charge is 0.255 e. The first-order chi connectivity index (χ1) is 15.5. The van der Waals surface area contributed by atoms with Gasteiger partial charge < -0.3 is 5.32 Å². The van der Waals surface area contributed by atoms with Gasteiger partial charge in [-0.3, -0.25) is 4.79 Å². The zero-order chi connectivity index (χ0) is 22.6. The van der Waals surface area contributed by atoms with Gasteiger partial charge in [-0.05, 0) is 49.1 Å². The average molecular weight is 449 g/mol. The minimum absolute atomic E-state index is 0.173. The van der Waals surface area contributed by atoms with Crippen LogP contribution in [-0.2, 0) is 10.0 Å². The quantitative estimate of drug-likeness (QED) is 0.562. The number of nitrogens with zero attached hydrogens (tertiary/aromatic N) is 1. The zero-order valence-electron chi connectivity index (χ0n) is 18.3. The average Bonchev–Trinajstić information content (AvgIpc) is 3.10. The third-order valence-electron chi connectivity index (χ3n) is 5.92. The van der Waals surface area contributed by atoms with Crippen molar-refractivity contribution in [3.8, 4) is 11.1 Å². The summed E-state index contributed by atoms with van der Waals surface area (Å²) in [6, 6.07) is 22.3.